The van der Waals surface area contributed by atoms with Gasteiger partial charge in [0.1, 0.15) is 0 Å². The minimum atomic E-state index is -1.22. The lowest BCUT2D eigenvalue weighted by molar-refractivity contribution is 0.0690. The fraction of sp³-hybridized carbons (Fsp3) is 0.0714. The van der Waals surface area contributed by atoms with Gasteiger partial charge in [-0.15, -0.1) is 0 Å². The second kappa shape index (κ2) is 4.34. The van der Waals surface area contributed by atoms with Crippen LogP contribution in [0, 0.1) is 6.92 Å². The Labute approximate surface area is 113 Å². The molecule has 0 saturated heterocycles. The van der Waals surface area contributed by atoms with Gasteiger partial charge in [0.05, 0.1) is 5.69 Å². The van der Waals surface area contributed by atoms with Crippen LogP contribution >= 0.6 is 0 Å². The molecule has 6 nitrogen and oxygen atoms in total. The number of aromatic carboxylic acids is 1. The van der Waals surface area contributed by atoms with Gasteiger partial charge in [0, 0.05) is 17.7 Å². The number of aromatic amines is 1. The fourth-order valence-corrected chi connectivity index (χ4v) is 2.11. The molecule has 1 aromatic carbocycles. The summed E-state index contributed by atoms with van der Waals surface area (Å²) in [6, 6.07) is 10.4. The number of aromatic nitrogens is 3. The Morgan fingerprint density at radius 2 is 2.05 bits per heavy atom. The van der Waals surface area contributed by atoms with Gasteiger partial charge in [-0.05, 0) is 12.5 Å². The molecule has 100 valence electrons. The maximum atomic E-state index is 11.9. The largest absolute Gasteiger partial charge is 0.477 e. The van der Waals surface area contributed by atoms with Crippen LogP contribution in [-0.2, 0) is 0 Å². The summed E-state index contributed by atoms with van der Waals surface area (Å²) in [6.45, 7) is 1.96. The molecule has 2 N–H and O–H groups in total. The molecule has 0 atom stereocenters. The van der Waals surface area contributed by atoms with Crippen molar-refractivity contribution >= 4 is 11.6 Å². The number of carboxylic acids is 1. The summed E-state index contributed by atoms with van der Waals surface area (Å²) in [4.78, 5) is 26.7. The molecule has 0 aliphatic carbocycles. The predicted molar refractivity (Wildman–Crippen MR) is 72.9 cm³/mol. The molecule has 20 heavy (non-hydrogen) atoms. The monoisotopic (exact) mass is 269 g/mol. The van der Waals surface area contributed by atoms with E-state index in [1.807, 2.05) is 31.2 Å². The highest BCUT2D eigenvalue weighted by Crippen LogP contribution is 2.21. The Kier molecular flexibility index (Phi) is 2.64. The molecule has 0 spiro atoms. The van der Waals surface area contributed by atoms with E-state index in [0.29, 0.717) is 0 Å². The Morgan fingerprint density at radius 3 is 2.75 bits per heavy atom. The van der Waals surface area contributed by atoms with Crippen molar-refractivity contribution in [2.45, 2.75) is 6.92 Å². The standard InChI is InChI=1S/C14H11N3O3/c1-8-4-2-3-5-9(8)10-6-12-15-11(14(19)20)7-13(18)17(12)16-10/h2-7,16H,1H3,(H,19,20). The molecule has 2 aromatic heterocycles. The quantitative estimate of drug-likeness (QED) is 0.741. The van der Waals surface area contributed by atoms with Crippen molar-refractivity contribution in [1.82, 2.24) is 14.6 Å². The van der Waals surface area contributed by atoms with Gasteiger partial charge in [0.25, 0.3) is 5.56 Å². The lowest BCUT2D eigenvalue weighted by Gasteiger charge is -2.01. The summed E-state index contributed by atoms with van der Waals surface area (Å²) in [6.07, 6.45) is 0. The maximum Gasteiger partial charge on any atom is 0.354 e. The number of hydrogen-bond acceptors (Lipinski definition) is 3. The van der Waals surface area contributed by atoms with E-state index in [2.05, 4.69) is 10.1 Å². The zero-order valence-corrected chi connectivity index (χ0v) is 10.6. The lowest BCUT2D eigenvalue weighted by Crippen LogP contribution is -2.17. The minimum Gasteiger partial charge on any atom is -0.477 e. The third-order valence-electron chi connectivity index (χ3n) is 3.10. The van der Waals surface area contributed by atoms with Crippen LogP contribution in [0.4, 0.5) is 0 Å². The third kappa shape index (κ3) is 1.87. The molecular weight excluding hydrogens is 258 g/mol. The Balaban J connectivity index is 2.26. The van der Waals surface area contributed by atoms with Gasteiger partial charge in [0.2, 0.25) is 0 Å². The molecule has 0 saturated carbocycles. The Hall–Kier alpha value is -2.89. The number of carbonyl (C=O) groups is 1. The van der Waals surface area contributed by atoms with E-state index in [0.717, 1.165) is 22.9 Å². The summed E-state index contributed by atoms with van der Waals surface area (Å²) >= 11 is 0. The zero-order chi connectivity index (χ0) is 14.3. The number of nitrogens with one attached hydrogen (secondary N) is 1. The molecular formula is C14H11N3O3. The minimum absolute atomic E-state index is 0.259. The highest BCUT2D eigenvalue weighted by atomic mass is 16.4. The van der Waals surface area contributed by atoms with Crippen molar-refractivity contribution in [2.75, 3.05) is 0 Å². The Morgan fingerprint density at radius 1 is 1.30 bits per heavy atom. The van der Waals surface area contributed by atoms with E-state index in [1.54, 1.807) is 6.07 Å². The highest BCUT2D eigenvalue weighted by Gasteiger charge is 2.12. The average Bonchev–Trinajstić information content (AvgIpc) is 2.83. The van der Waals surface area contributed by atoms with E-state index in [4.69, 9.17) is 5.11 Å². The number of rotatable bonds is 2. The molecule has 0 radical (unpaired) electrons. The Bertz CT molecular complexity index is 877. The molecule has 3 rings (SSSR count). The van der Waals surface area contributed by atoms with Crippen LogP contribution in [0.3, 0.4) is 0 Å². The topological polar surface area (TPSA) is 87.5 Å². The summed E-state index contributed by atoms with van der Waals surface area (Å²) in [7, 11) is 0. The van der Waals surface area contributed by atoms with Gasteiger partial charge >= 0.3 is 5.97 Å². The zero-order valence-electron chi connectivity index (χ0n) is 10.6. The van der Waals surface area contributed by atoms with Crippen LogP contribution in [-0.4, -0.2) is 25.7 Å². The number of fused-ring (bicyclic) bond motifs is 1. The van der Waals surface area contributed by atoms with Crippen molar-refractivity contribution in [3.05, 3.63) is 58.0 Å². The molecule has 0 unspecified atom stereocenters. The van der Waals surface area contributed by atoms with Crippen LogP contribution in [0.25, 0.3) is 16.9 Å². The number of nitrogens with zero attached hydrogens (tertiary/aromatic N) is 2. The molecule has 0 bridgehead atoms. The van der Waals surface area contributed by atoms with Crippen molar-refractivity contribution in [1.29, 1.82) is 0 Å². The van der Waals surface area contributed by atoms with Crippen LogP contribution < -0.4 is 5.56 Å². The first-order valence-electron chi connectivity index (χ1n) is 5.98. The van der Waals surface area contributed by atoms with Gasteiger partial charge in [-0.1, -0.05) is 24.3 Å². The van der Waals surface area contributed by atoms with Crippen LogP contribution in [0.2, 0.25) is 0 Å². The predicted octanol–water partition coefficient (Wildman–Crippen LogP) is 1.70. The van der Waals surface area contributed by atoms with Gasteiger partial charge in [0.15, 0.2) is 11.3 Å². The van der Waals surface area contributed by atoms with Crippen molar-refractivity contribution < 1.29 is 9.90 Å². The number of H-pyrrole nitrogens is 1. The van der Waals surface area contributed by atoms with Crippen molar-refractivity contribution in [3.63, 3.8) is 0 Å². The summed E-state index contributed by atoms with van der Waals surface area (Å²) in [5, 5.41) is 11.9. The molecule has 6 heteroatoms. The van der Waals surface area contributed by atoms with Gasteiger partial charge < -0.3 is 5.11 Å². The van der Waals surface area contributed by atoms with Crippen molar-refractivity contribution in [3.8, 4) is 11.3 Å². The fourth-order valence-electron chi connectivity index (χ4n) is 2.11. The van der Waals surface area contributed by atoms with Crippen LogP contribution in [0.15, 0.2) is 41.2 Å². The van der Waals surface area contributed by atoms with E-state index < -0.39 is 11.5 Å². The molecule has 0 fully saturated rings. The third-order valence-corrected chi connectivity index (χ3v) is 3.10. The van der Waals surface area contributed by atoms with Crippen LogP contribution in [0.5, 0.6) is 0 Å². The van der Waals surface area contributed by atoms with Crippen LogP contribution in [0.1, 0.15) is 16.1 Å². The van der Waals surface area contributed by atoms with E-state index >= 15 is 0 Å². The van der Waals surface area contributed by atoms with Gasteiger partial charge in [-0.25, -0.2) is 14.3 Å². The van der Waals surface area contributed by atoms with Crippen molar-refractivity contribution in [2.24, 2.45) is 0 Å². The summed E-state index contributed by atoms with van der Waals surface area (Å²) in [5.41, 5.74) is 2.28. The molecule has 2 heterocycles. The molecule has 0 aliphatic rings. The SMILES string of the molecule is Cc1ccccc1-c1cc2nc(C(=O)O)cc(=O)n2[nH]1. The second-order valence-electron chi connectivity index (χ2n) is 4.46. The normalized spacial score (nSPS) is 10.8. The molecule has 0 aliphatic heterocycles. The number of hydrogen-bond donors (Lipinski definition) is 2. The average molecular weight is 269 g/mol. The van der Waals surface area contributed by atoms with E-state index in [-0.39, 0.29) is 11.3 Å². The van der Waals surface area contributed by atoms with Gasteiger partial charge in [-0.2, -0.15) is 0 Å². The molecule has 0 amide bonds. The smallest absolute Gasteiger partial charge is 0.354 e. The first kappa shape index (κ1) is 12.2. The van der Waals surface area contributed by atoms with E-state index in [9.17, 15) is 9.59 Å². The van der Waals surface area contributed by atoms with E-state index in [1.165, 1.54) is 4.52 Å². The maximum absolute atomic E-state index is 11.9. The van der Waals surface area contributed by atoms with Gasteiger partial charge in [-0.3, -0.25) is 9.89 Å². The highest BCUT2D eigenvalue weighted by molar-refractivity contribution is 5.85. The molecule has 3 aromatic rings. The lowest BCUT2D eigenvalue weighted by atomic mass is 10.1. The second-order valence-corrected chi connectivity index (χ2v) is 4.46. The summed E-state index contributed by atoms with van der Waals surface area (Å²) < 4.78 is 1.23. The number of aryl methyl sites for hydroxylation is 1. The number of benzene rings is 1. The first-order valence-corrected chi connectivity index (χ1v) is 5.98. The number of carboxylic acid groups (broad SMARTS) is 1. The first-order chi connectivity index (χ1) is 9.56. The summed E-state index contributed by atoms with van der Waals surface area (Å²) in [5.74, 6) is -1.22.